The molecule has 0 saturated heterocycles. The summed E-state index contributed by atoms with van der Waals surface area (Å²) >= 11 is 0. The Kier molecular flexibility index (Phi) is 5.85. The number of unbranched alkanes of at least 4 members (excludes halogenated alkanes) is 4. The second-order valence-corrected chi connectivity index (χ2v) is 5.37. The van der Waals surface area contributed by atoms with Gasteiger partial charge in [0.05, 0.1) is 6.54 Å². The molecule has 2 aromatic rings. The molecule has 0 saturated carbocycles. The number of aromatic nitrogens is 2. The average molecular weight is 271 g/mol. The van der Waals surface area contributed by atoms with Crippen molar-refractivity contribution in [3.05, 3.63) is 48.5 Å². The molecule has 0 bridgehead atoms. The van der Waals surface area contributed by atoms with Gasteiger partial charge in [-0.3, -0.25) is 0 Å². The topological polar surface area (TPSA) is 8.81 Å². The molecule has 0 aliphatic heterocycles. The number of benzene rings is 1. The molecular formula is C18H27N2+. The van der Waals surface area contributed by atoms with Crippen molar-refractivity contribution in [2.45, 2.75) is 58.9 Å². The van der Waals surface area contributed by atoms with E-state index < -0.39 is 0 Å². The number of hydrogen-bond acceptors (Lipinski definition) is 0. The number of nitrogens with zero attached hydrogens (tertiary/aromatic N) is 2. The maximum absolute atomic E-state index is 2.37. The van der Waals surface area contributed by atoms with Crippen LogP contribution < -0.4 is 4.57 Å². The van der Waals surface area contributed by atoms with Gasteiger partial charge in [0.1, 0.15) is 18.1 Å². The zero-order valence-electron chi connectivity index (χ0n) is 12.9. The fraction of sp³-hybridized carbons (Fsp3) is 0.500. The molecular weight excluding hydrogens is 244 g/mol. The highest BCUT2D eigenvalue weighted by Crippen LogP contribution is 2.12. The van der Waals surface area contributed by atoms with Crippen molar-refractivity contribution in [1.82, 2.24) is 4.57 Å². The molecule has 0 fully saturated rings. The van der Waals surface area contributed by atoms with Gasteiger partial charge in [0, 0.05) is 6.42 Å². The zero-order chi connectivity index (χ0) is 14.2. The van der Waals surface area contributed by atoms with Crippen molar-refractivity contribution < 1.29 is 4.57 Å². The van der Waals surface area contributed by atoms with Crippen molar-refractivity contribution >= 4 is 0 Å². The van der Waals surface area contributed by atoms with Crippen molar-refractivity contribution in [3.63, 3.8) is 0 Å². The van der Waals surface area contributed by atoms with Crippen LogP contribution in [0, 0.1) is 0 Å². The van der Waals surface area contributed by atoms with Crippen molar-refractivity contribution in [2.24, 2.45) is 0 Å². The Morgan fingerprint density at radius 1 is 0.950 bits per heavy atom. The Labute approximate surface area is 123 Å². The summed E-state index contributed by atoms with van der Waals surface area (Å²) < 4.78 is 4.70. The van der Waals surface area contributed by atoms with Crippen LogP contribution in [0.5, 0.6) is 0 Å². The molecule has 0 radical (unpaired) electrons. The first-order valence-electron chi connectivity index (χ1n) is 8.02. The standard InChI is InChI=1S/C18H27N2/c1-3-5-6-7-11-14-18-19(4-2)15-16-20(18)17-12-9-8-10-13-17/h8-10,12-13,15-16H,3-7,11,14H2,1-2H3/q+1. The molecule has 0 atom stereocenters. The summed E-state index contributed by atoms with van der Waals surface area (Å²) in [6, 6.07) is 10.7. The SMILES string of the molecule is CCCCCCCc1n(-c2ccccc2)cc[n+]1CC. The predicted molar refractivity (Wildman–Crippen MR) is 84.1 cm³/mol. The van der Waals surface area contributed by atoms with Crippen LogP contribution in [0.1, 0.15) is 51.8 Å². The predicted octanol–water partition coefficient (Wildman–Crippen LogP) is 4.30. The molecule has 0 amide bonds. The van der Waals surface area contributed by atoms with E-state index in [1.807, 2.05) is 0 Å². The van der Waals surface area contributed by atoms with E-state index in [0.29, 0.717) is 0 Å². The number of imidazole rings is 1. The quantitative estimate of drug-likeness (QED) is 0.500. The first-order valence-corrected chi connectivity index (χ1v) is 8.02. The summed E-state index contributed by atoms with van der Waals surface area (Å²) in [4.78, 5) is 0. The summed E-state index contributed by atoms with van der Waals surface area (Å²) in [5.41, 5.74) is 1.27. The highest BCUT2D eigenvalue weighted by Gasteiger charge is 2.16. The lowest BCUT2D eigenvalue weighted by Gasteiger charge is -2.04. The minimum atomic E-state index is 1.05. The molecule has 1 aromatic carbocycles. The van der Waals surface area contributed by atoms with E-state index in [1.165, 1.54) is 50.0 Å². The number of para-hydroxylation sites is 1. The summed E-state index contributed by atoms with van der Waals surface area (Å²) in [5, 5.41) is 0. The largest absolute Gasteiger partial charge is 0.261 e. The van der Waals surface area contributed by atoms with E-state index in [9.17, 15) is 0 Å². The summed E-state index contributed by atoms with van der Waals surface area (Å²) in [5.74, 6) is 1.43. The average Bonchev–Trinajstić information content (AvgIpc) is 2.91. The van der Waals surface area contributed by atoms with E-state index >= 15 is 0 Å². The minimum Gasteiger partial charge on any atom is -0.234 e. The van der Waals surface area contributed by atoms with Gasteiger partial charge in [-0.15, -0.1) is 0 Å². The Morgan fingerprint density at radius 2 is 1.70 bits per heavy atom. The lowest BCUT2D eigenvalue weighted by Crippen LogP contribution is -2.35. The van der Waals surface area contributed by atoms with E-state index in [-0.39, 0.29) is 0 Å². The monoisotopic (exact) mass is 271 g/mol. The highest BCUT2D eigenvalue weighted by atomic mass is 15.1. The van der Waals surface area contributed by atoms with Gasteiger partial charge in [-0.1, -0.05) is 50.8 Å². The smallest absolute Gasteiger partial charge is 0.234 e. The van der Waals surface area contributed by atoms with Crippen molar-refractivity contribution in [3.8, 4) is 5.69 Å². The van der Waals surface area contributed by atoms with Crippen LogP contribution in [0.15, 0.2) is 42.7 Å². The van der Waals surface area contributed by atoms with Crippen molar-refractivity contribution in [2.75, 3.05) is 0 Å². The highest BCUT2D eigenvalue weighted by molar-refractivity contribution is 5.31. The van der Waals surface area contributed by atoms with Crippen LogP contribution >= 0.6 is 0 Å². The number of hydrogen-bond donors (Lipinski definition) is 0. The minimum absolute atomic E-state index is 1.05. The van der Waals surface area contributed by atoms with Gasteiger partial charge >= 0.3 is 0 Å². The number of aryl methyl sites for hydroxylation is 1. The normalized spacial score (nSPS) is 10.9. The molecule has 2 nitrogen and oxygen atoms in total. The van der Waals surface area contributed by atoms with Gasteiger partial charge in [0.25, 0.3) is 5.82 Å². The first kappa shape index (κ1) is 14.8. The summed E-state index contributed by atoms with van der Waals surface area (Å²) in [7, 11) is 0. The van der Waals surface area contributed by atoms with Gasteiger partial charge < -0.3 is 0 Å². The molecule has 0 aliphatic rings. The second kappa shape index (κ2) is 7.88. The fourth-order valence-corrected chi connectivity index (χ4v) is 2.72. The van der Waals surface area contributed by atoms with E-state index in [1.54, 1.807) is 0 Å². The lowest BCUT2D eigenvalue weighted by atomic mass is 10.1. The van der Waals surface area contributed by atoms with Gasteiger partial charge in [-0.25, -0.2) is 4.57 Å². The van der Waals surface area contributed by atoms with Gasteiger partial charge in [0.15, 0.2) is 0 Å². The molecule has 1 aromatic heterocycles. The molecule has 0 N–H and O–H groups in total. The molecule has 0 unspecified atom stereocenters. The lowest BCUT2D eigenvalue weighted by molar-refractivity contribution is -0.700. The van der Waals surface area contributed by atoms with E-state index in [4.69, 9.17) is 0 Å². The van der Waals surface area contributed by atoms with E-state index in [0.717, 1.165) is 6.54 Å². The first-order chi connectivity index (χ1) is 9.86. The van der Waals surface area contributed by atoms with Gasteiger partial charge in [-0.05, 0) is 25.5 Å². The Balaban J connectivity index is 2.08. The van der Waals surface area contributed by atoms with E-state index in [2.05, 4.69) is 65.7 Å². The van der Waals surface area contributed by atoms with Gasteiger partial charge in [-0.2, -0.15) is 4.57 Å². The van der Waals surface area contributed by atoms with Crippen molar-refractivity contribution in [1.29, 1.82) is 0 Å². The maximum atomic E-state index is 2.37. The van der Waals surface area contributed by atoms with Crippen LogP contribution in [0.3, 0.4) is 0 Å². The summed E-state index contributed by atoms with van der Waals surface area (Å²) in [6.45, 7) is 5.53. The third-order valence-electron chi connectivity index (χ3n) is 3.88. The molecule has 0 aliphatic carbocycles. The summed E-state index contributed by atoms with van der Waals surface area (Å²) in [6.07, 6.45) is 12.2. The Hall–Kier alpha value is -1.57. The van der Waals surface area contributed by atoms with Crippen LogP contribution in [0.2, 0.25) is 0 Å². The third-order valence-corrected chi connectivity index (χ3v) is 3.88. The Bertz CT molecular complexity index is 499. The van der Waals surface area contributed by atoms with Crippen LogP contribution in [-0.2, 0) is 13.0 Å². The fourth-order valence-electron chi connectivity index (χ4n) is 2.72. The number of rotatable bonds is 8. The van der Waals surface area contributed by atoms with Crippen LogP contribution in [0.25, 0.3) is 5.69 Å². The maximum Gasteiger partial charge on any atom is 0.261 e. The molecule has 108 valence electrons. The van der Waals surface area contributed by atoms with Crippen LogP contribution in [0.4, 0.5) is 0 Å². The molecule has 2 heteroatoms. The van der Waals surface area contributed by atoms with Crippen LogP contribution in [-0.4, -0.2) is 4.57 Å². The van der Waals surface area contributed by atoms with Gasteiger partial charge in [0.2, 0.25) is 0 Å². The molecule has 1 heterocycles. The molecule has 20 heavy (non-hydrogen) atoms. The second-order valence-electron chi connectivity index (χ2n) is 5.37. The Morgan fingerprint density at radius 3 is 2.40 bits per heavy atom. The molecule has 0 spiro atoms. The third kappa shape index (κ3) is 3.72. The zero-order valence-corrected chi connectivity index (χ0v) is 12.9. The molecule has 2 rings (SSSR count).